The van der Waals surface area contributed by atoms with E-state index in [9.17, 15) is 14.5 Å². The average molecular weight is 284 g/mol. The summed E-state index contributed by atoms with van der Waals surface area (Å²) in [7, 11) is 1.32. The third kappa shape index (κ3) is 2.98. The van der Waals surface area contributed by atoms with Crippen molar-refractivity contribution in [3.63, 3.8) is 0 Å². The number of hydrogen-bond donors (Lipinski definition) is 1. The highest BCUT2D eigenvalue weighted by Crippen LogP contribution is 2.33. The van der Waals surface area contributed by atoms with Gasteiger partial charge in [0.05, 0.1) is 30.4 Å². The van der Waals surface area contributed by atoms with E-state index in [4.69, 9.17) is 9.47 Å². The molecule has 20 heavy (non-hydrogen) atoms. The van der Waals surface area contributed by atoms with E-state index < -0.39 is 10.7 Å². The molecule has 0 aromatic heterocycles. The van der Waals surface area contributed by atoms with Gasteiger partial charge in [-0.25, -0.2) is 4.39 Å². The van der Waals surface area contributed by atoms with Crippen molar-refractivity contribution in [2.24, 2.45) is 5.92 Å². The van der Waals surface area contributed by atoms with Crippen LogP contribution in [0.1, 0.15) is 13.3 Å². The molecule has 1 saturated heterocycles. The van der Waals surface area contributed by atoms with Crippen molar-refractivity contribution in [3.05, 3.63) is 28.1 Å². The van der Waals surface area contributed by atoms with Crippen LogP contribution in [0.25, 0.3) is 0 Å². The van der Waals surface area contributed by atoms with E-state index in [1.807, 2.05) is 6.92 Å². The lowest BCUT2D eigenvalue weighted by Gasteiger charge is -2.21. The van der Waals surface area contributed by atoms with Crippen LogP contribution in [0.2, 0.25) is 0 Å². The minimum absolute atomic E-state index is 0.0122. The van der Waals surface area contributed by atoms with Gasteiger partial charge < -0.3 is 14.8 Å². The molecule has 110 valence electrons. The van der Waals surface area contributed by atoms with E-state index in [2.05, 4.69) is 5.32 Å². The number of benzene rings is 1. The largest absolute Gasteiger partial charge is 0.490 e. The van der Waals surface area contributed by atoms with Crippen molar-refractivity contribution < 1.29 is 18.8 Å². The predicted octanol–water partition coefficient (Wildman–Crippen LogP) is 2.58. The summed E-state index contributed by atoms with van der Waals surface area (Å²) in [4.78, 5) is 10.1. The third-order valence-corrected chi connectivity index (χ3v) is 3.52. The van der Waals surface area contributed by atoms with Crippen LogP contribution in [0.3, 0.4) is 0 Å². The Labute approximate surface area is 116 Å². The number of rotatable bonds is 5. The Hall–Kier alpha value is -1.89. The normalized spacial score (nSPS) is 19.6. The zero-order chi connectivity index (χ0) is 14.7. The van der Waals surface area contributed by atoms with Crippen LogP contribution in [-0.2, 0) is 4.74 Å². The lowest BCUT2D eigenvalue weighted by Crippen LogP contribution is -2.26. The van der Waals surface area contributed by atoms with Crippen LogP contribution in [0, 0.1) is 21.8 Å². The van der Waals surface area contributed by atoms with Crippen molar-refractivity contribution in [1.82, 2.24) is 0 Å². The lowest BCUT2D eigenvalue weighted by molar-refractivity contribution is -0.385. The summed E-state index contributed by atoms with van der Waals surface area (Å²) in [6.07, 6.45) is 0.917. The van der Waals surface area contributed by atoms with E-state index in [-0.39, 0.29) is 23.2 Å². The van der Waals surface area contributed by atoms with E-state index in [0.717, 1.165) is 12.5 Å². The van der Waals surface area contributed by atoms with Crippen LogP contribution in [-0.4, -0.2) is 31.3 Å². The molecule has 0 spiro atoms. The van der Waals surface area contributed by atoms with Gasteiger partial charge >= 0.3 is 5.69 Å². The second kappa shape index (κ2) is 6.04. The van der Waals surface area contributed by atoms with E-state index in [0.29, 0.717) is 19.1 Å². The molecule has 0 amide bonds. The van der Waals surface area contributed by atoms with Gasteiger partial charge in [0.25, 0.3) is 0 Å². The maximum atomic E-state index is 13.9. The summed E-state index contributed by atoms with van der Waals surface area (Å²) in [5.41, 5.74) is -0.181. The summed E-state index contributed by atoms with van der Waals surface area (Å²) >= 11 is 0. The zero-order valence-corrected chi connectivity index (χ0v) is 11.4. The Bertz CT molecular complexity index is 503. The number of halogens is 1. The van der Waals surface area contributed by atoms with Gasteiger partial charge in [-0.3, -0.25) is 10.1 Å². The lowest BCUT2D eigenvalue weighted by atomic mass is 10.0. The molecule has 1 aliphatic rings. The maximum absolute atomic E-state index is 13.9. The second-order valence-corrected chi connectivity index (χ2v) is 4.82. The van der Waals surface area contributed by atoms with Crippen molar-refractivity contribution >= 4 is 11.4 Å². The highest BCUT2D eigenvalue weighted by Gasteiger charge is 2.25. The molecule has 7 heteroatoms. The third-order valence-electron chi connectivity index (χ3n) is 3.52. The minimum Gasteiger partial charge on any atom is -0.490 e. The van der Waals surface area contributed by atoms with Crippen molar-refractivity contribution in [3.8, 4) is 5.75 Å². The van der Waals surface area contributed by atoms with E-state index >= 15 is 0 Å². The van der Waals surface area contributed by atoms with Crippen LogP contribution < -0.4 is 10.1 Å². The molecule has 1 aliphatic heterocycles. The molecule has 0 aliphatic carbocycles. The van der Waals surface area contributed by atoms with Crippen LogP contribution >= 0.6 is 0 Å². The molecule has 2 rings (SSSR count). The molecule has 1 heterocycles. The first-order valence-corrected chi connectivity index (χ1v) is 6.39. The standard InChI is InChI=1S/C13H17FN2O4/c1-8(9-3-4-20-7-9)15-11-6-13(19-2)12(16(17)18)5-10(11)14/h5-6,8-9,15H,3-4,7H2,1-2H3. The fourth-order valence-corrected chi connectivity index (χ4v) is 2.27. The van der Waals surface area contributed by atoms with E-state index in [1.165, 1.54) is 13.2 Å². The SMILES string of the molecule is COc1cc(NC(C)C2CCOC2)c(F)cc1[N+](=O)[O-]. The van der Waals surface area contributed by atoms with Crippen molar-refractivity contribution in [2.45, 2.75) is 19.4 Å². The Balaban J connectivity index is 2.21. The minimum atomic E-state index is -0.667. The molecule has 0 saturated carbocycles. The van der Waals surface area contributed by atoms with Gasteiger partial charge in [-0.2, -0.15) is 0 Å². The summed E-state index contributed by atoms with van der Waals surface area (Å²) in [6, 6.07) is 2.21. The fourth-order valence-electron chi connectivity index (χ4n) is 2.27. The molecular formula is C13H17FN2O4. The van der Waals surface area contributed by atoms with Crippen LogP contribution in [0.15, 0.2) is 12.1 Å². The number of methoxy groups -OCH3 is 1. The van der Waals surface area contributed by atoms with Gasteiger partial charge in [0.2, 0.25) is 0 Å². The topological polar surface area (TPSA) is 73.6 Å². The van der Waals surface area contributed by atoms with Crippen LogP contribution in [0.4, 0.5) is 15.8 Å². The molecular weight excluding hydrogens is 267 g/mol. The first-order valence-electron chi connectivity index (χ1n) is 6.39. The van der Waals surface area contributed by atoms with Crippen molar-refractivity contribution in [1.29, 1.82) is 0 Å². The monoisotopic (exact) mass is 284 g/mol. The average Bonchev–Trinajstić information content (AvgIpc) is 2.94. The zero-order valence-electron chi connectivity index (χ0n) is 11.4. The number of ether oxygens (including phenoxy) is 2. The number of hydrogen-bond acceptors (Lipinski definition) is 5. The van der Waals surface area contributed by atoms with Gasteiger partial charge in [-0.1, -0.05) is 0 Å². The highest BCUT2D eigenvalue weighted by molar-refractivity contribution is 5.59. The van der Waals surface area contributed by atoms with Gasteiger partial charge in [0.1, 0.15) is 0 Å². The molecule has 0 bridgehead atoms. The Morgan fingerprint density at radius 3 is 2.90 bits per heavy atom. The number of anilines is 1. The number of nitro groups is 1. The number of nitro benzene ring substituents is 1. The summed E-state index contributed by atoms with van der Waals surface area (Å²) < 4.78 is 24.2. The molecule has 1 aromatic rings. The quantitative estimate of drug-likeness (QED) is 0.664. The molecule has 1 aromatic carbocycles. The first-order chi connectivity index (χ1) is 9.52. The van der Waals surface area contributed by atoms with Crippen LogP contribution in [0.5, 0.6) is 5.75 Å². The summed E-state index contributed by atoms with van der Waals surface area (Å²) in [5.74, 6) is -0.326. The second-order valence-electron chi connectivity index (χ2n) is 4.82. The molecule has 1 N–H and O–H groups in total. The molecule has 2 atom stereocenters. The Kier molecular flexibility index (Phi) is 4.39. The van der Waals surface area contributed by atoms with Gasteiger partial charge in [0, 0.05) is 24.6 Å². The summed E-state index contributed by atoms with van der Waals surface area (Å²) in [6.45, 7) is 3.29. The Morgan fingerprint density at radius 2 is 2.35 bits per heavy atom. The highest BCUT2D eigenvalue weighted by atomic mass is 19.1. The Morgan fingerprint density at radius 1 is 1.60 bits per heavy atom. The number of nitrogens with one attached hydrogen (secondary N) is 1. The molecule has 1 fully saturated rings. The predicted molar refractivity (Wildman–Crippen MR) is 71.6 cm³/mol. The molecule has 2 unspecified atom stereocenters. The molecule has 6 nitrogen and oxygen atoms in total. The van der Waals surface area contributed by atoms with Gasteiger partial charge in [-0.05, 0) is 13.3 Å². The van der Waals surface area contributed by atoms with E-state index in [1.54, 1.807) is 0 Å². The summed E-state index contributed by atoms with van der Waals surface area (Å²) in [5, 5.41) is 13.8. The van der Waals surface area contributed by atoms with Crippen molar-refractivity contribution in [2.75, 3.05) is 25.6 Å². The van der Waals surface area contributed by atoms with Gasteiger partial charge in [-0.15, -0.1) is 0 Å². The fraction of sp³-hybridized carbons (Fsp3) is 0.538. The van der Waals surface area contributed by atoms with Gasteiger partial charge in [0.15, 0.2) is 11.6 Å². The maximum Gasteiger partial charge on any atom is 0.313 e. The molecule has 0 radical (unpaired) electrons. The first kappa shape index (κ1) is 14.5. The number of nitrogens with zero attached hydrogens (tertiary/aromatic N) is 1. The smallest absolute Gasteiger partial charge is 0.313 e.